The van der Waals surface area contributed by atoms with Gasteiger partial charge in [-0.15, -0.1) is 10.2 Å². The van der Waals surface area contributed by atoms with Gasteiger partial charge in [-0.25, -0.2) is 0 Å². The van der Waals surface area contributed by atoms with E-state index in [0.29, 0.717) is 32.0 Å². The van der Waals surface area contributed by atoms with E-state index in [1.165, 1.54) is 0 Å². The lowest BCUT2D eigenvalue weighted by Crippen LogP contribution is -2.56. The zero-order valence-electron chi connectivity index (χ0n) is 14.9. The van der Waals surface area contributed by atoms with Crippen LogP contribution in [0.2, 0.25) is 0 Å². The number of amides is 2. The summed E-state index contributed by atoms with van der Waals surface area (Å²) in [6, 6.07) is 1.37. The van der Waals surface area contributed by atoms with Gasteiger partial charge in [0.05, 0.1) is 31.5 Å². The van der Waals surface area contributed by atoms with Gasteiger partial charge in [0.25, 0.3) is 0 Å². The van der Waals surface area contributed by atoms with Gasteiger partial charge in [-0.05, 0) is 12.5 Å². The van der Waals surface area contributed by atoms with Crippen LogP contribution in [-0.2, 0) is 29.2 Å². The van der Waals surface area contributed by atoms with Gasteiger partial charge in [-0.2, -0.15) is 0 Å². The smallest absolute Gasteiger partial charge is 0.237 e. The summed E-state index contributed by atoms with van der Waals surface area (Å²) >= 11 is 0. The first-order valence-electron chi connectivity index (χ1n) is 8.83. The van der Waals surface area contributed by atoms with Gasteiger partial charge in [0.2, 0.25) is 11.8 Å². The van der Waals surface area contributed by atoms with Gasteiger partial charge < -0.3 is 19.6 Å². The van der Waals surface area contributed by atoms with Crippen LogP contribution in [0.1, 0.15) is 31.2 Å². The molecular weight excluding hydrogens is 336 g/mol. The van der Waals surface area contributed by atoms with Crippen molar-refractivity contribution in [1.82, 2.24) is 30.3 Å². The monoisotopic (exact) mass is 360 g/mol. The molecule has 1 aliphatic rings. The summed E-state index contributed by atoms with van der Waals surface area (Å²) in [6.45, 7) is 5.02. The highest BCUT2D eigenvalue weighted by Crippen LogP contribution is 2.14. The first kappa shape index (κ1) is 18.1. The lowest BCUT2D eigenvalue weighted by Gasteiger charge is -2.34. The van der Waals surface area contributed by atoms with E-state index in [-0.39, 0.29) is 18.2 Å². The van der Waals surface area contributed by atoms with E-state index in [2.05, 4.69) is 27.8 Å². The third kappa shape index (κ3) is 4.48. The zero-order chi connectivity index (χ0) is 18.4. The predicted octanol–water partition coefficient (Wildman–Crippen LogP) is 0.288. The zero-order valence-corrected chi connectivity index (χ0v) is 14.9. The van der Waals surface area contributed by atoms with Crippen LogP contribution in [-0.4, -0.2) is 50.6 Å². The summed E-state index contributed by atoms with van der Waals surface area (Å²) < 4.78 is 7.00. The molecule has 2 amide bonds. The van der Waals surface area contributed by atoms with Crippen molar-refractivity contribution in [3.05, 3.63) is 36.3 Å². The Balaban J connectivity index is 1.56. The molecule has 0 unspecified atom stereocenters. The van der Waals surface area contributed by atoms with Crippen LogP contribution in [0, 0.1) is 0 Å². The number of hydrogen-bond acceptors (Lipinski definition) is 6. The molecule has 2 aromatic rings. The molecule has 26 heavy (non-hydrogen) atoms. The minimum atomic E-state index is -0.493. The Kier molecular flexibility index (Phi) is 6.00. The summed E-state index contributed by atoms with van der Waals surface area (Å²) in [4.78, 5) is 26.6. The molecule has 3 heterocycles. The second kappa shape index (κ2) is 8.61. The summed E-state index contributed by atoms with van der Waals surface area (Å²) in [6.07, 6.45) is 5.99. The SMILES string of the molecule is CCCn1cnnc1CNC(=O)C[C@H]1C(=O)NCCN1Cc1ccoc1. The second-order valence-corrected chi connectivity index (χ2v) is 6.33. The third-order valence-corrected chi connectivity index (χ3v) is 4.39. The number of hydrogen-bond donors (Lipinski definition) is 2. The van der Waals surface area contributed by atoms with E-state index < -0.39 is 6.04 Å². The molecule has 0 aliphatic carbocycles. The highest BCUT2D eigenvalue weighted by molar-refractivity contribution is 5.88. The van der Waals surface area contributed by atoms with Gasteiger partial charge in [0.15, 0.2) is 5.82 Å². The van der Waals surface area contributed by atoms with E-state index >= 15 is 0 Å². The van der Waals surface area contributed by atoms with Crippen molar-refractivity contribution in [2.24, 2.45) is 0 Å². The van der Waals surface area contributed by atoms with E-state index in [9.17, 15) is 9.59 Å². The average molecular weight is 360 g/mol. The molecule has 2 N–H and O–H groups in total. The van der Waals surface area contributed by atoms with Crippen molar-refractivity contribution in [2.45, 2.75) is 45.4 Å². The molecule has 0 radical (unpaired) electrons. The van der Waals surface area contributed by atoms with Gasteiger partial charge >= 0.3 is 0 Å². The molecule has 0 saturated carbocycles. The number of piperazine rings is 1. The fraction of sp³-hybridized carbons (Fsp3) is 0.529. The first-order chi connectivity index (χ1) is 12.7. The van der Waals surface area contributed by atoms with Gasteiger partial charge in [-0.1, -0.05) is 6.92 Å². The van der Waals surface area contributed by atoms with Crippen molar-refractivity contribution in [1.29, 1.82) is 0 Å². The molecule has 0 spiro atoms. The van der Waals surface area contributed by atoms with Crippen LogP contribution < -0.4 is 10.6 Å². The number of nitrogens with zero attached hydrogens (tertiary/aromatic N) is 4. The summed E-state index contributed by atoms with van der Waals surface area (Å²) in [5, 5.41) is 13.6. The van der Waals surface area contributed by atoms with E-state index in [4.69, 9.17) is 4.42 Å². The quantitative estimate of drug-likeness (QED) is 0.701. The van der Waals surface area contributed by atoms with Gasteiger partial charge in [-0.3, -0.25) is 14.5 Å². The Morgan fingerprint density at radius 2 is 2.38 bits per heavy atom. The van der Waals surface area contributed by atoms with Crippen molar-refractivity contribution in [3.63, 3.8) is 0 Å². The number of carbonyl (C=O) groups excluding carboxylic acids is 2. The predicted molar refractivity (Wildman–Crippen MR) is 92.7 cm³/mol. The van der Waals surface area contributed by atoms with Crippen LogP contribution in [0.5, 0.6) is 0 Å². The minimum absolute atomic E-state index is 0.103. The Bertz CT molecular complexity index is 727. The fourth-order valence-electron chi connectivity index (χ4n) is 3.06. The molecule has 1 aliphatic heterocycles. The largest absolute Gasteiger partial charge is 0.472 e. The van der Waals surface area contributed by atoms with Crippen molar-refractivity contribution in [3.8, 4) is 0 Å². The molecule has 2 aromatic heterocycles. The number of furan rings is 1. The van der Waals surface area contributed by atoms with E-state index in [0.717, 1.165) is 18.5 Å². The average Bonchev–Trinajstić information content (AvgIpc) is 3.28. The molecular formula is C17H24N6O3. The van der Waals surface area contributed by atoms with Crippen molar-refractivity contribution in [2.75, 3.05) is 13.1 Å². The number of nitrogens with one attached hydrogen (secondary N) is 2. The Labute approximate surface area is 151 Å². The lowest BCUT2D eigenvalue weighted by molar-refractivity contribution is -0.134. The van der Waals surface area contributed by atoms with Crippen LogP contribution in [0.25, 0.3) is 0 Å². The Hall–Kier alpha value is -2.68. The number of aromatic nitrogens is 3. The number of aryl methyl sites for hydroxylation is 1. The van der Waals surface area contributed by atoms with Crippen LogP contribution in [0.15, 0.2) is 29.3 Å². The summed E-state index contributed by atoms with van der Waals surface area (Å²) in [7, 11) is 0. The third-order valence-electron chi connectivity index (χ3n) is 4.39. The highest BCUT2D eigenvalue weighted by atomic mass is 16.3. The van der Waals surface area contributed by atoms with Crippen LogP contribution in [0.4, 0.5) is 0 Å². The Morgan fingerprint density at radius 1 is 1.50 bits per heavy atom. The molecule has 0 aromatic carbocycles. The van der Waals surface area contributed by atoms with E-state index in [1.54, 1.807) is 18.9 Å². The fourth-order valence-corrected chi connectivity index (χ4v) is 3.06. The molecule has 3 rings (SSSR count). The van der Waals surface area contributed by atoms with Gasteiger partial charge in [0.1, 0.15) is 6.33 Å². The van der Waals surface area contributed by atoms with Gasteiger partial charge in [0, 0.05) is 31.7 Å². The maximum Gasteiger partial charge on any atom is 0.237 e. The first-order valence-corrected chi connectivity index (χ1v) is 8.83. The molecule has 1 saturated heterocycles. The molecule has 1 atom stereocenters. The molecule has 1 fully saturated rings. The molecule has 0 bridgehead atoms. The normalized spacial score (nSPS) is 17.9. The van der Waals surface area contributed by atoms with Crippen LogP contribution >= 0.6 is 0 Å². The second-order valence-electron chi connectivity index (χ2n) is 6.33. The number of rotatable bonds is 8. The Morgan fingerprint density at radius 3 is 3.15 bits per heavy atom. The summed E-state index contributed by atoms with van der Waals surface area (Å²) in [5.74, 6) is 0.405. The van der Waals surface area contributed by atoms with Crippen molar-refractivity contribution < 1.29 is 14.0 Å². The highest BCUT2D eigenvalue weighted by Gasteiger charge is 2.31. The minimum Gasteiger partial charge on any atom is -0.472 e. The molecule has 9 nitrogen and oxygen atoms in total. The lowest BCUT2D eigenvalue weighted by atomic mass is 10.1. The topological polar surface area (TPSA) is 105 Å². The molecule has 9 heteroatoms. The number of carbonyl (C=O) groups is 2. The standard InChI is InChI=1S/C17H24N6O3/c1-2-5-23-12-20-21-15(23)9-19-16(24)8-14-17(25)18-4-6-22(14)10-13-3-7-26-11-13/h3,7,11-12,14H,2,4-6,8-10H2,1H3,(H,18,25)(H,19,24)/t14-/m0/s1. The maximum atomic E-state index is 12.4. The molecule has 140 valence electrons. The maximum absolute atomic E-state index is 12.4. The summed E-state index contributed by atoms with van der Waals surface area (Å²) in [5.41, 5.74) is 0.984. The van der Waals surface area contributed by atoms with Crippen molar-refractivity contribution >= 4 is 11.8 Å². The van der Waals surface area contributed by atoms with E-state index in [1.807, 2.05) is 15.5 Å². The van der Waals surface area contributed by atoms with Crippen LogP contribution in [0.3, 0.4) is 0 Å².